The van der Waals surface area contributed by atoms with Crippen molar-refractivity contribution in [3.63, 3.8) is 0 Å². The van der Waals surface area contributed by atoms with Gasteiger partial charge in [-0.3, -0.25) is 9.78 Å². The number of thioether (sulfide) groups is 1. The fourth-order valence-corrected chi connectivity index (χ4v) is 7.15. The van der Waals surface area contributed by atoms with Crippen LogP contribution in [-0.2, 0) is 20.7 Å². The first-order chi connectivity index (χ1) is 20.4. The molecule has 1 aliphatic heterocycles. The molecule has 2 aliphatic rings. The van der Waals surface area contributed by atoms with Crippen LogP contribution in [0, 0.1) is 5.92 Å². The summed E-state index contributed by atoms with van der Waals surface area (Å²) in [6.07, 6.45) is 3.38. The van der Waals surface area contributed by atoms with Crippen LogP contribution >= 0.6 is 35.0 Å². The lowest BCUT2D eigenvalue weighted by atomic mass is 9.85. The Bertz CT molecular complexity index is 1460. The second-order valence-corrected chi connectivity index (χ2v) is 15.3. The number of pyridine rings is 1. The minimum Gasteiger partial charge on any atom is -0.465 e. The molecule has 3 aromatic rings. The third kappa shape index (κ3) is 7.39. The van der Waals surface area contributed by atoms with Crippen LogP contribution in [0.2, 0.25) is 10.0 Å². The lowest BCUT2D eigenvalue weighted by molar-refractivity contribution is -0.202. The maximum absolute atomic E-state index is 14.9. The van der Waals surface area contributed by atoms with Gasteiger partial charge in [0, 0.05) is 44.9 Å². The summed E-state index contributed by atoms with van der Waals surface area (Å²) in [7, 11) is 1.34. The van der Waals surface area contributed by atoms with Crippen LogP contribution < -0.4 is 0 Å². The van der Waals surface area contributed by atoms with Crippen molar-refractivity contribution in [3.8, 4) is 0 Å². The van der Waals surface area contributed by atoms with Gasteiger partial charge in [0.1, 0.15) is 6.10 Å². The Morgan fingerprint density at radius 1 is 1.09 bits per heavy atom. The van der Waals surface area contributed by atoms with E-state index in [4.69, 9.17) is 32.7 Å². The molecule has 2 heterocycles. The average Bonchev–Trinajstić information content (AvgIpc) is 3.81. The number of nitrogens with zero attached hydrogens (tertiary/aromatic N) is 2. The van der Waals surface area contributed by atoms with E-state index < -0.39 is 23.7 Å². The Morgan fingerprint density at radius 2 is 1.81 bits per heavy atom. The van der Waals surface area contributed by atoms with E-state index >= 15 is 0 Å². The molecule has 0 bridgehead atoms. The molecule has 1 saturated heterocycles. The van der Waals surface area contributed by atoms with Gasteiger partial charge in [-0.25, -0.2) is 4.79 Å². The van der Waals surface area contributed by atoms with E-state index in [-0.39, 0.29) is 23.1 Å². The van der Waals surface area contributed by atoms with Gasteiger partial charge in [-0.05, 0) is 73.2 Å². The number of hydrogen-bond acceptors (Lipinski definition) is 6. The van der Waals surface area contributed by atoms with Crippen molar-refractivity contribution in [2.24, 2.45) is 5.92 Å². The van der Waals surface area contributed by atoms with Crippen LogP contribution in [-0.4, -0.2) is 51.0 Å². The molecule has 43 heavy (non-hydrogen) atoms. The van der Waals surface area contributed by atoms with Crippen molar-refractivity contribution in [1.82, 2.24) is 9.88 Å². The molecule has 2 aromatic carbocycles. The van der Waals surface area contributed by atoms with Crippen LogP contribution in [0.5, 0.6) is 0 Å². The molecule has 0 N–H and O–H groups in total. The lowest BCUT2D eigenvalue weighted by Crippen LogP contribution is -2.62. The molecule has 228 valence electrons. The molecular formula is C34H38Cl2N2O4S. The Morgan fingerprint density at radius 3 is 2.40 bits per heavy atom. The quantitative estimate of drug-likeness (QED) is 0.220. The molecule has 0 radical (unpaired) electrons. The highest BCUT2D eigenvalue weighted by Gasteiger charge is 2.55. The second-order valence-electron chi connectivity index (χ2n) is 12.6. The van der Waals surface area contributed by atoms with Gasteiger partial charge < -0.3 is 14.4 Å². The highest BCUT2D eigenvalue weighted by Crippen LogP contribution is 2.51. The summed E-state index contributed by atoms with van der Waals surface area (Å²) in [5, 5.41) is 1.23. The topological polar surface area (TPSA) is 68.7 Å². The molecule has 1 amide bonds. The summed E-state index contributed by atoms with van der Waals surface area (Å²) in [5.74, 6) is 0.690. The smallest absolute Gasteiger partial charge is 0.339 e. The van der Waals surface area contributed by atoms with E-state index in [1.165, 1.54) is 13.3 Å². The van der Waals surface area contributed by atoms with E-state index in [9.17, 15) is 9.59 Å². The van der Waals surface area contributed by atoms with E-state index in [0.717, 1.165) is 29.7 Å². The first-order valence-electron chi connectivity index (χ1n) is 14.6. The van der Waals surface area contributed by atoms with Crippen molar-refractivity contribution in [1.29, 1.82) is 0 Å². The molecule has 1 saturated carbocycles. The maximum atomic E-state index is 14.9. The monoisotopic (exact) mass is 640 g/mol. The molecule has 5 rings (SSSR count). The van der Waals surface area contributed by atoms with Gasteiger partial charge in [0.05, 0.1) is 18.7 Å². The maximum Gasteiger partial charge on any atom is 0.339 e. The van der Waals surface area contributed by atoms with Crippen LogP contribution in [0.25, 0.3) is 0 Å². The van der Waals surface area contributed by atoms with Crippen molar-refractivity contribution in [2.45, 2.75) is 75.5 Å². The fourth-order valence-electron chi connectivity index (χ4n) is 5.72. The highest BCUT2D eigenvalue weighted by atomic mass is 35.5. The number of morpholine rings is 1. The predicted molar refractivity (Wildman–Crippen MR) is 173 cm³/mol. The number of ether oxygens (including phenoxy) is 2. The number of carbonyl (C=O) groups excluding carboxylic acids is 2. The molecule has 2 unspecified atom stereocenters. The second kappa shape index (κ2) is 12.8. The number of amides is 1. The molecule has 1 aromatic heterocycles. The van der Waals surface area contributed by atoms with Gasteiger partial charge in [-0.2, -0.15) is 11.8 Å². The number of rotatable bonds is 9. The SMILES string of the molecule is COC(=O)c1ccc(C[C@]2(C)O[C@H](c3cccc(Cl)c3)C(c3ccc(Cl)cc3)N(C(CSC(C)(C)C)C3CC3)C2=O)nc1. The molecule has 1 aliphatic carbocycles. The van der Waals surface area contributed by atoms with E-state index in [1.807, 2.05) is 67.2 Å². The van der Waals surface area contributed by atoms with Gasteiger partial charge >= 0.3 is 5.97 Å². The summed E-state index contributed by atoms with van der Waals surface area (Å²) in [4.78, 5) is 33.5. The minimum atomic E-state index is -1.23. The van der Waals surface area contributed by atoms with Crippen LogP contribution in [0.4, 0.5) is 0 Å². The Kier molecular flexibility index (Phi) is 9.48. The molecular weight excluding hydrogens is 603 g/mol. The molecule has 6 nitrogen and oxygen atoms in total. The summed E-state index contributed by atoms with van der Waals surface area (Å²) < 4.78 is 11.8. The number of methoxy groups -OCH3 is 1. The molecule has 4 atom stereocenters. The first kappa shape index (κ1) is 31.8. The number of carbonyl (C=O) groups is 2. The minimum absolute atomic E-state index is 0.0111. The molecule has 9 heteroatoms. The summed E-state index contributed by atoms with van der Waals surface area (Å²) in [5.41, 5.74) is 1.61. The summed E-state index contributed by atoms with van der Waals surface area (Å²) >= 11 is 14.7. The lowest BCUT2D eigenvalue weighted by Gasteiger charge is -2.52. The van der Waals surface area contributed by atoms with E-state index in [2.05, 4.69) is 30.7 Å². The third-order valence-corrected chi connectivity index (χ3v) is 9.89. The molecule has 2 fully saturated rings. The number of hydrogen-bond donors (Lipinski definition) is 0. The van der Waals surface area contributed by atoms with Gasteiger partial charge in [0.25, 0.3) is 5.91 Å². The van der Waals surface area contributed by atoms with Gasteiger partial charge in [0.15, 0.2) is 5.60 Å². The number of esters is 1. The largest absolute Gasteiger partial charge is 0.465 e. The van der Waals surface area contributed by atoms with Crippen molar-refractivity contribution in [3.05, 3.63) is 99.3 Å². The van der Waals surface area contributed by atoms with Crippen LogP contribution in [0.3, 0.4) is 0 Å². The summed E-state index contributed by atoms with van der Waals surface area (Å²) in [6.45, 7) is 8.49. The number of halogens is 2. The first-order valence-corrected chi connectivity index (χ1v) is 16.3. The molecule has 0 spiro atoms. The van der Waals surface area contributed by atoms with Gasteiger partial charge in [0.2, 0.25) is 0 Å². The fraction of sp³-hybridized carbons (Fsp3) is 0.441. The number of aromatic nitrogens is 1. The zero-order valence-corrected chi connectivity index (χ0v) is 27.5. The summed E-state index contributed by atoms with van der Waals surface area (Å²) in [6, 6.07) is 18.4. The van der Waals surface area contributed by atoms with Crippen molar-refractivity contribution in [2.75, 3.05) is 12.9 Å². The zero-order valence-electron chi connectivity index (χ0n) is 25.2. The van der Waals surface area contributed by atoms with Crippen molar-refractivity contribution >= 4 is 46.8 Å². The highest BCUT2D eigenvalue weighted by molar-refractivity contribution is 8.00. The van der Waals surface area contributed by atoms with Gasteiger partial charge in [-0.15, -0.1) is 0 Å². The van der Waals surface area contributed by atoms with Crippen molar-refractivity contribution < 1.29 is 19.1 Å². The Hall–Kier alpha value is -2.58. The third-order valence-electron chi connectivity index (χ3n) is 8.02. The Labute approximate surface area is 268 Å². The van der Waals surface area contributed by atoms with Crippen LogP contribution in [0.1, 0.15) is 79.9 Å². The zero-order chi connectivity index (χ0) is 30.9. The van der Waals surface area contributed by atoms with E-state index in [0.29, 0.717) is 27.2 Å². The Balaban J connectivity index is 1.62. The standard InChI is InChI=1S/C34H38Cl2N2O4S/c1-33(2,3)43-20-28(21-9-10-21)38-29(22-11-14-25(35)15-12-22)30(23-7-6-8-26(36)17-23)42-34(4,32(38)40)18-27-16-13-24(19-37-27)31(39)41-5/h6-8,11-17,19,21,28-30H,9-10,18,20H2,1-5H3/t28?,29?,30-,34+/m1/s1. The van der Waals surface area contributed by atoms with Crippen LogP contribution in [0.15, 0.2) is 66.9 Å². The predicted octanol–water partition coefficient (Wildman–Crippen LogP) is 8.13. The average molecular weight is 642 g/mol. The normalized spacial score (nSPS) is 23.2. The van der Waals surface area contributed by atoms with Gasteiger partial charge in [-0.1, -0.05) is 68.2 Å². The van der Waals surface area contributed by atoms with E-state index in [1.54, 1.807) is 12.1 Å². The number of benzene rings is 2.